The number of nitrogens with zero attached hydrogens (tertiary/aromatic N) is 3. The van der Waals surface area contributed by atoms with Crippen LogP contribution in [0, 0.1) is 0 Å². The fourth-order valence-electron chi connectivity index (χ4n) is 2.74. The minimum Gasteiger partial charge on any atom is -0.396 e. The summed E-state index contributed by atoms with van der Waals surface area (Å²) in [6.07, 6.45) is 3.53. The molecule has 3 aromatic rings. The van der Waals surface area contributed by atoms with Gasteiger partial charge in [0.25, 0.3) is 0 Å². The van der Waals surface area contributed by atoms with Gasteiger partial charge in [0.05, 0.1) is 17.2 Å². The van der Waals surface area contributed by atoms with E-state index in [1.54, 1.807) is 0 Å². The molecule has 0 bridgehead atoms. The summed E-state index contributed by atoms with van der Waals surface area (Å²) >= 11 is 0. The maximum absolute atomic E-state index is 9.03. The summed E-state index contributed by atoms with van der Waals surface area (Å²) in [6.45, 7) is 4.19. The number of fused-ring (bicyclic) bond motifs is 3. The maximum atomic E-state index is 9.03. The highest BCUT2D eigenvalue weighted by molar-refractivity contribution is 6.02. The zero-order chi connectivity index (χ0) is 15.4. The predicted molar refractivity (Wildman–Crippen MR) is 86.7 cm³/mol. The van der Waals surface area contributed by atoms with Crippen LogP contribution in [0.5, 0.6) is 0 Å². The zero-order valence-corrected chi connectivity index (χ0v) is 12.8. The summed E-state index contributed by atoms with van der Waals surface area (Å²) in [6, 6.07) is 8.12. The molecule has 5 nitrogen and oxygen atoms in total. The summed E-state index contributed by atoms with van der Waals surface area (Å²) in [5.41, 5.74) is 2.98. The van der Waals surface area contributed by atoms with Crippen molar-refractivity contribution < 1.29 is 9.84 Å². The number of aliphatic hydroxyl groups excluding tert-OH is 1. The van der Waals surface area contributed by atoms with Crippen LogP contribution in [-0.2, 0) is 17.9 Å². The van der Waals surface area contributed by atoms with E-state index in [1.807, 2.05) is 31.3 Å². The Morgan fingerprint density at radius 3 is 2.86 bits per heavy atom. The van der Waals surface area contributed by atoms with Gasteiger partial charge in [-0.25, -0.2) is 4.98 Å². The van der Waals surface area contributed by atoms with E-state index in [4.69, 9.17) is 14.8 Å². The molecule has 22 heavy (non-hydrogen) atoms. The van der Waals surface area contributed by atoms with Gasteiger partial charge in [0, 0.05) is 25.1 Å². The molecule has 1 N–H and O–H groups in total. The van der Waals surface area contributed by atoms with Crippen molar-refractivity contribution in [1.82, 2.24) is 14.5 Å². The number of pyridine rings is 1. The number of para-hydroxylation sites is 1. The van der Waals surface area contributed by atoms with E-state index in [9.17, 15) is 0 Å². The third-order valence-corrected chi connectivity index (χ3v) is 3.78. The molecule has 2 aromatic heterocycles. The monoisotopic (exact) mass is 299 g/mol. The SMILES string of the molecule is CCOCc1nc2cnc3ccccc3c2n1CCCCO. The van der Waals surface area contributed by atoms with E-state index in [-0.39, 0.29) is 6.61 Å². The molecule has 0 saturated carbocycles. The van der Waals surface area contributed by atoms with E-state index in [2.05, 4.69) is 15.6 Å². The van der Waals surface area contributed by atoms with Crippen LogP contribution in [0.25, 0.3) is 21.9 Å². The van der Waals surface area contributed by atoms with Crippen molar-refractivity contribution in [1.29, 1.82) is 0 Å². The summed E-state index contributed by atoms with van der Waals surface area (Å²) in [5.74, 6) is 0.924. The van der Waals surface area contributed by atoms with Crippen LogP contribution >= 0.6 is 0 Å². The number of hydrogen-bond acceptors (Lipinski definition) is 4. The first-order valence-electron chi connectivity index (χ1n) is 7.76. The Bertz CT molecular complexity index is 767. The highest BCUT2D eigenvalue weighted by Gasteiger charge is 2.13. The number of rotatable bonds is 7. The van der Waals surface area contributed by atoms with Gasteiger partial charge in [0.2, 0.25) is 0 Å². The minimum absolute atomic E-state index is 0.218. The molecular formula is C17H21N3O2. The molecule has 0 aliphatic carbocycles. The average molecular weight is 299 g/mol. The fraction of sp³-hybridized carbons (Fsp3) is 0.412. The topological polar surface area (TPSA) is 60.2 Å². The van der Waals surface area contributed by atoms with Crippen LogP contribution in [0.15, 0.2) is 30.5 Å². The molecule has 0 aliphatic heterocycles. The Morgan fingerprint density at radius 1 is 1.18 bits per heavy atom. The van der Waals surface area contributed by atoms with Crippen molar-refractivity contribution in [3.63, 3.8) is 0 Å². The van der Waals surface area contributed by atoms with Crippen LogP contribution < -0.4 is 0 Å². The summed E-state index contributed by atoms with van der Waals surface area (Å²) < 4.78 is 7.77. The van der Waals surface area contributed by atoms with Crippen molar-refractivity contribution in [3.05, 3.63) is 36.3 Å². The van der Waals surface area contributed by atoms with Crippen molar-refractivity contribution in [3.8, 4) is 0 Å². The van der Waals surface area contributed by atoms with E-state index in [0.29, 0.717) is 13.2 Å². The van der Waals surface area contributed by atoms with Crippen LogP contribution in [-0.4, -0.2) is 32.9 Å². The second kappa shape index (κ2) is 6.85. The average Bonchev–Trinajstić information content (AvgIpc) is 2.91. The number of benzene rings is 1. The quantitative estimate of drug-likeness (QED) is 0.681. The number of aromatic nitrogens is 3. The second-order valence-electron chi connectivity index (χ2n) is 5.26. The molecular weight excluding hydrogens is 278 g/mol. The second-order valence-corrected chi connectivity index (χ2v) is 5.26. The molecule has 0 fully saturated rings. The lowest BCUT2D eigenvalue weighted by Crippen LogP contribution is -2.07. The zero-order valence-electron chi connectivity index (χ0n) is 12.8. The van der Waals surface area contributed by atoms with Crippen LogP contribution in [0.1, 0.15) is 25.6 Å². The fourth-order valence-corrected chi connectivity index (χ4v) is 2.74. The van der Waals surface area contributed by atoms with Crippen LogP contribution in [0.4, 0.5) is 0 Å². The number of unbranched alkanes of at least 4 members (excludes halogenated alkanes) is 1. The van der Waals surface area contributed by atoms with Gasteiger partial charge in [-0.05, 0) is 25.8 Å². The molecule has 116 valence electrons. The van der Waals surface area contributed by atoms with E-state index >= 15 is 0 Å². The summed E-state index contributed by atoms with van der Waals surface area (Å²) in [5, 5.41) is 10.1. The molecule has 0 aliphatic rings. The Labute approximate surface area is 129 Å². The maximum Gasteiger partial charge on any atom is 0.136 e. The lowest BCUT2D eigenvalue weighted by atomic mass is 10.2. The molecule has 0 spiro atoms. The van der Waals surface area contributed by atoms with Gasteiger partial charge in [-0.3, -0.25) is 4.98 Å². The van der Waals surface area contributed by atoms with Gasteiger partial charge in [0.1, 0.15) is 17.9 Å². The van der Waals surface area contributed by atoms with E-state index in [1.165, 1.54) is 0 Å². The molecule has 0 saturated heterocycles. The standard InChI is InChI=1S/C17H21N3O2/c1-2-22-12-16-19-15-11-18-14-8-4-3-7-13(14)17(15)20(16)9-5-6-10-21/h3-4,7-8,11,21H,2,5-6,9-10,12H2,1H3. The number of aryl methyl sites for hydroxylation is 1. The summed E-state index contributed by atoms with van der Waals surface area (Å²) in [4.78, 5) is 9.18. The molecule has 3 rings (SSSR count). The largest absolute Gasteiger partial charge is 0.396 e. The van der Waals surface area contributed by atoms with Crippen LogP contribution in [0.3, 0.4) is 0 Å². The van der Waals surface area contributed by atoms with Gasteiger partial charge in [-0.15, -0.1) is 0 Å². The lowest BCUT2D eigenvalue weighted by Gasteiger charge is -2.10. The van der Waals surface area contributed by atoms with Gasteiger partial charge in [-0.1, -0.05) is 18.2 Å². The van der Waals surface area contributed by atoms with Crippen molar-refractivity contribution >= 4 is 21.9 Å². The Morgan fingerprint density at radius 2 is 2.05 bits per heavy atom. The molecule has 0 atom stereocenters. The van der Waals surface area contributed by atoms with Gasteiger partial charge in [0.15, 0.2) is 0 Å². The first-order valence-corrected chi connectivity index (χ1v) is 7.76. The van der Waals surface area contributed by atoms with Gasteiger partial charge >= 0.3 is 0 Å². The van der Waals surface area contributed by atoms with E-state index < -0.39 is 0 Å². The molecule has 2 heterocycles. The molecule has 5 heteroatoms. The number of ether oxygens (including phenoxy) is 1. The smallest absolute Gasteiger partial charge is 0.136 e. The van der Waals surface area contributed by atoms with Crippen molar-refractivity contribution in [2.45, 2.75) is 32.9 Å². The summed E-state index contributed by atoms with van der Waals surface area (Å²) in [7, 11) is 0. The number of aliphatic hydroxyl groups is 1. The van der Waals surface area contributed by atoms with Crippen LogP contribution in [0.2, 0.25) is 0 Å². The minimum atomic E-state index is 0.218. The Kier molecular flexibility index (Phi) is 4.65. The van der Waals surface area contributed by atoms with Gasteiger partial charge < -0.3 is 14.4 Å². The molecule has 1 aromatic carbocycles. The molecule has 0 amide bonds. The Hall–Kier alpha value is -1.98. The first-order chi connectivity index (χ1) is 10.8. The first kappa shape index (κ1) is 14.9. The lowest BCUT2D eigenvalue weighted by molar-refractivity contribution is 0.125. The number of hydrogen-bond donors (Lipinski definition) is 1. The normalized spacial score (nSPS) is 11.5. The van der Waals surface area contributed by atoms with Crippen molar-refractivity contribution in [2.24, 2.45) is 0 Å². The third-order valence-electron chi connectivity index (χ3n) is 3.78. The number of imidazole rings is 1. The third kappa shape index (κ3) is 2.82. The Balaban J connectivity index is 2.12. The molecule has 0 radical (unpaired) electrons. The highest BCUT2D eigenvalue weighted by atomic mass is 16.5. The molecule has 0 unspecified atom stereocenters. The predicted octanol–water partition coefficient (Wildman–Crippen LogP) is 2.89. The van der Waals surface area contributed by atoms with Gasteiger partial charge in [-0.2, -0.15) is 0 Å². The van der Waals surface area contributed by atoms with Crippen molar-refractivity contribution in [2.75, 3.05) is 13.2 Å². The van der Waals surface area contributed by atoms with E-state index in [0.717, 1.165) is 47.1 Å². The highest BCUT2D eigenvalue weighted by Crippen LogP contribution is 2.25.